The van der Waals surface area contributed by atoms with E-state index in [1.807, 2.05) is 12.1 Å². The molecule has 1 heterocycles. The Hall–Kier alpha value is -1.26. The van der Waals surface area contributed by atoms with E-state index in [9.17, 15) is 0 Å². The SMILES string of the molecule is COc1ccc(OC)c(CN2CCCC(CCO)C2)c1. The normalized spacial score (nSPS) is 19.9. The van der Waals surface area contributed by atoms with Gasteiger partial charge in [0.15, 0.2) is 0 Å². The van der Waals surface area contributed by atoms with Gasteiger partial charge in [-0.1, -0.05) is 0 Å². The number of aliphatic hydroxyl groups is 1. The first kappa shape index (κ1) is 15.1. The summed E-state index contributed by atoms with van der Waals surface area (Å²) in [6.07, 6.45) is 3.34. The summed E-state index contributed by atoms with van der Waals surface area (Å²) in [4.78, 5) is 2.45. The van der Waals surface area contributed by atoms with Crippen LogP contribution in [0.3, 0.4) is 0 Å². The number of hydrogen-bond donors (Lipinski definition) is 1. The third kappa shape index (κ3) is 3.87. The molecule has 2 rings (SSSR count). The number of hydrogen-bond acceptors (Lipinski definition) is 4. The maximum Gasteiger partial charge on any atom is 0.123 e. The lowest BCUT2D eigenvalue weighted by Gasteiger charge is -2.32. The summed E-state index contributed by atoms with van der Waals surface area (Å²) in [6.45, 7) is 3.34. The molecule has 112 valence electrons. The number of benzene rings is 1. The van der Waals surface area contributed by atoms with Gasteiger partial charge in [0.05, 0.1) is 14.2 Å². The molecule has 1 aliphatic rings. The molecule has 0 spiro atoms. The summed E-state index contributed by atoms with van der Waals surface area (Å²) < 4.78 is 10.7. The second-order valence-corrected chi connectivity index (χ2v) is 5.43. The predicted molar refractivity (Wildman–Crippen MR) is 79.2 cm³/mol. The van der Waals surface area contributed by atoms with Crippen LogP contribution in [0.1, 0.15) is 24.8 Å². The van der Waals surface area contributed by atoms with E-state index in [4.69, 9.17) is 14.6 Å². The molecule has 1 saturated heterocycles. The summed E-state index contributed by atoms with van der Waals surface area (Å²) in [5.74, 6) is 2.39. The molecule has 1 fully saturated rings. The van der Waals surface area contributed by atoms with Crippen molar-refractivity contribution >= 4 is 0 Å². The van der Waals surface area contributed by atoms with Crippen molar-refractivity contribution in [3.63, 3.8) is 0 Å². The molecule has 1 atom stereocenters. The van der Waals surface area contributed by atoms with Gasteiger partial charge in [-0.3, -0.25) is 4.90 Å². The third-order valence-electron chi connectivity index (χ3n) is 4.02. The Kier molecular flexibility index (Phi) is 5.68. The van der Waals surface area contributed by atoms with E-state index in [1.54, 1.807) is 14.2 Å². The number of ether oxygens (including phenoxy) is 2. The molecule has 1 N–H and O–H groups in total. The van der Waals surface area contributed by atoms with Gasteiger partial charge >= 0.3 is 0 Å². The maximum atomic E-state index is 9.09. The first-order valence-electron chi connectivity index (χ1n) is 7.31. The molecule has 0 radical (unpaired) electrons. The highest BCUT2D eigenvalue weighted by Crippen LogP contribution is 2.27. The van der Waals surface area contributed by atoms with Crippen LogP contribution in [0, 0.1) is 5.92 Å². The highest BCUT2D eigenvalue weighted by atomic mass is 16.5. The Morgan fingerprint density at radius 1 is 1.30 bits per heavy atom. The molecular formula is C16H25NO3. The van der Waals surface area contributed by atoms with Gasteiger partial charge in [0.25, 0.3) is 0 Å². The van der Waals surface area contributed by atoms with Gasteiger partial charge in [0.2, 0.25) is 0 Å². The molecule has 0 amide bonds. The quantitative estimate of drug-likeness (QED) is 0.867. The van der Waals surface area contributed by atoms with Crippen molar-refractivity contribution < 1.29 is 14.6 Å². The molecule has 0 aromatic heterocycles. The number of aliphatic hydroxyl groups excluding tert-OH is 1. The maximum absolute atomic E-state index is 9.09. The third-order valence-corrected chi connectivity index (χ3v) is 4.02. The zero-order valence-electron chi connectivity index (χ0n) is 12.5. The van der Waals surface area contributed by atoms with E-state index in [-0.39, 0.29) is 0 Å². The first-order chi connectivity index (χ1) is 9.76. The van der Waals surface area contributed by atoms with Crippen molar-refractivity contribution in [3.8, 4) is 11.5 Å². The van der Waals surface area contributed by atoms with E-state index < -0.39 is 0 Å². The number of rotatable bonds is 6. The molecule has 1 unspecified atom stereocenters. The van der Waals surface area contributed by atoms with Crippen LogP contribution >= 0.6 is 0 Å². The van der Waals surface area contributed by atoms with Gasteiger partial charge in [-0.25, -0.2) is 0 Å². The molecule has 20 heavy (non-hydrogen) atoms. The zero-order chi connectivity index (χ0) is 14.4. The topological polar surface area (TPSA) is 41.9 Å². The molecule has 4 heteroatoms. The largest absolute Gasteiger partial charge is 0.497 e. The fraction of sp³-hybridized carbons (Fsp3) is 0.625. The van der Waals surface area contributed by atoms with Crippen LogP contribution in [-0.2, 0) is 6.54 Å². The van der Waals surface area contributed by atoms with Crippen molar-refractivity contribution in [2.45, 2.75) is 25.8 Å². The second kappa shape index (κ2) is 7.50. The van der Waals surface area contributed by atoms with Gasteiger partial charge < -0.3 is 14.6 Å². The van der Waals surface area contributed by atoms with Crippen molar-refractivity contribution in [2.75, 3.05) is 33.9 Å². The van der Waals surface area contributed by atoms with Gasteiger partial charge in [0, 0.05) is 25.3 Å². The first-order valence-corrected chi connectivity index (χ1v) is 7.31. The van der Waals surface area contributed by atoms with Crippen LogP contribution in [0.2, 0.25) is 0 Å². The van der Waals surface area contributed by atoms with Crippen molar-refractivity contribution in [2.24, 2.45) is 5.92 Å². The predicted octanol–water partition coefficient (Wildman–Crippen LogP) is 2.30. The Morgan fingerprint density at radius 3 is 2.85 bits per heavy atom. The van der Waals surface area contributed by atoms with Gasteiger partial charge in [-0.2, -0.15) is 0 Å². The lowest BCUT2D eigenvalue weighted by atomic mass is 9.95. The minimum absolute atomic E-state index is 0.293. The molecule has 1 aromatic rings. The molecule has 1 aromatic carbocycles. The Labute approximate surface area is 121 Å². The average molecular weight is 279 g/mol. The summed E-state index contributed by atoms with van der Waals surface area (Å²) in [7, 11) is 3.39. The monoisotopic (exact) mass is 279 g/mol. The zero-order valence-corrected chi connectivity index (χ0v) is 12.5. The highest BCUT2D eigenvalue weighted by molar-refractivity contribution is 5.40. The fourth-order valence-corrected chi connectivity index (χ4v) is 2.96. The van der Waals surface area contributed by atoms with Crippen LogP contribution in [0.4, 0.5) is 0 Å². The summed E-state index contributed by atoms with van der Waals surface area (Å²) in [6, 6.07) is 5.94. The Morgan fingerprint density at radius 2 is 2.15 bits per heavy atom. The Balaban J connectivity index is 2.04. The minimum Gasteiger partial charge on any atom is -0.497 e. The van der Waals surface area contributed by atoms with Crippen LogP contribution in [-0.4, -0.2) is 43.9 Å². The molecule has 0 saturated carbocycles. The summed E-state index contributed by atoms with van der Waals surface area (Å²) >= 11 is 0. The van der Waals surface area contributed by atoms with E-state index in [0.29, 0.717) is 12.5 Å². The van der Waals surface area contributed by atoms with Gasteiger partial charge in [-0.15, -0.1) is 0 Å². The lowest BCUT2D eigenvalue weighted by Crippen LogP contribution is -2.35. The number of methoxy groups -OCH3 is 2. The number of nitrogens with zero attached hydrogens (tertiary/aromatic N) is 1. The van der Waals surface area contributed by atoms with E-state index >= 15 is 0 Å². The fourth-order valence-electron chi connectivity index (χ4n) is 2.96. The standard InChI is InChI=1S/C16H25NO3/c1-19-15-5-6-16(20-2)14(10-15)12-17-8-3-4-13(11-17)7-9-18/h5-6,10,13,18H,3-4,7-9,11-12H2,1-2H3. The summed E-state index contributed by atoms with van der Waals surface area (Å²) in [5.41, 5.74) is 1.16. The number of piperidine rings is 1. The van der Waals surface area contributed by atoms with Crippen LogP contribution in [0.15, 0.2) is 18.2 Å². The molecule has 0 aliphatic carbocycles. The van der Waals surface area contributed by atoms with Crippen molar-refractivity contribution in [3.05, 3.63) is 23.8 Å². The van der Waals surface area contributed by atoms with Crippen LogP contribution < -0.4 is 9.47 Å². The highest BCUT2D eigenvalue weighted by Gasteiger charge is 2.20. The average Bonchev–Trinajstić information content (AvgIpc) is 2.48. The van der Waals surface area contributed by atoms with Crippen LogP contribution in [0.25, 0.3) is 0 Å². The smallest absolute Gasteiger partial charge is 0.123 e. The molecular weight excluding hydrogens is 254 g/mol. The minimum atomic E-state index is 0.293. The molecule has 1 aliphatic heterocycles. The van der Waals surface area contributed by atoms with Gasteiger partial charge in [-0.05, 0) is 49.9 Å². The van der Waals surface area contributed by atoms with Gasteiger partial charge in [0.1, 0.15) is 11.5 Å². The summed E-state index contributed by atoms with van der Waals surface area (Å²) in [5, 5.41) is 9.09. The molecule has 4 nitrogen and oxygen atoms in total. The van der Waals surface area contributed by atoms with E-state index in [2.05, 4.69) is 11.0 Å². The van der Waals surface area contributed by atoms with Crippen molar-refractivity contribution in [1.29, 1.82) is 0 Å². The van der Waals surface area contributed by atoms with Crippen molar-refractivity contribution in [1.82, 2.24) is 4.90 Å². The molecule has 0 bridgehead atoms. The second-order valence-electron chi connectivity index (χ2n) is 5.43. The lowest BCUT2D eigenvalue weighted by molar-refractivity contribution is 0.141. The Bertz CT molecular complexity index is 420. The van der Waals surface area contributed by atoms with E-state index in [0.717, 1.165) is 43.1 Å². The van der Waals surface area contributed by atoms with Crippen LogP contribution in [0.5, 0.6) is 11.5 Å². The van der Waals surface area contributed by atoms with E-state index in [1.165, 1.54) is 12.8 Å². The number of likely N-dealkylation sites (tertiary alicyclic amines) is 1.